The average Bonchev–Trinajstić information content (AvgIpc) is 3.12. The Morgan fingerprint density at radius 3 is 2.39 bits per heavy atom. The number of aryl methyl sites for hydroxylation is 1. The Balaban J connectivity index is 2.02. The summed E-state index contributed by atoms with van der Waals surface area (Å²) in [4.78, 5) is 18.0. The largest absolute Gasteiger partial charge is 0.444 e. The molecule has 0 aliphatic carbocycles. The predicted octanol–water partition coefficient (Wildman–Crippen LogP) is 4.46. The molecule has 0 N–H and O–H groups in total. The Morgan fingerprint density at radius 1 is 1.13 bits per heavy atom. The Labute approximate surface area is 183 Å². The van der Waals surface area contributed by atoms with Gasteiger partial charge in [-0.3, -0.25) is 4.98 Å². The van der Waals surface area contributed by atoms with E-state index in [1.165, 1.54) is 15.1 Å². The van der Waals surface area contributed by atoms with Gasteiger partial charge < -0.3 is 9.64 Å². The highest BCUT2D eigenvalue weighted by atomic mass is 32.2. The molecule has 3 rings (SSSR count). The number of ether oxygens (including phenoxy) is 1. The standard InChI is InChI=1S/C23H27N3O4S/c1-17-11-12-20(14-24-17)31(28,29)26-16-18(13-21(26)19-9-7-6-8-10-19)15-25(5)22(27)30-23(2,3)4/h6-14,16H,15H2,1-5H3. The maximum absolute atomic E-state index is 13.4. The van der Waals surface area contributed by atoms with Gasteiger partial charge in [-0.25, -0.2) is 17.2 Å². The molecule has 1 aromatic carbocycles. The molecular formula is C23H27N3O4S. The summed E-state index contributed by atoms with van der Waals surface area (Å²) in [6.45, 7) is 7.39. The average molecular weight is 442 g/mol. The lowest BCUT2D eigenvalue weighted by Crippen LogP contribution is -2.33. The number of pyridine rings is 1. The third-order valence-corrected chi connectivity index (χ3v) is 6.14. The first kappa shape index (κ1) is 22.6. The van der Waals surface area contributed by atoms with Crippen LogP contribution in [0.2, 0.25) is 0 Å². The molecule has 3 aromatic rings. The summed E-state index contributed by atoms with van der Waals surface area (Å²) < 4.78 is 33.4. The van der Waals surface area contributed by atoms with Gasteiger partial charge in [0, 0.05) is 25.1 Å². The van der Waals surface area contributed by atoms with Crippen molar-refractivity contribution in [2.75, 3.05) is 7.05 Å². The van der Waals surface area contributed by atoms with Gasteiger partial charge in [0.1, 0.15) is 10.5 Å². The van der Waals surface area contributed by atoms with Gasteiger partial charge in [0.2, 0.25) is 0 Å². The highest BCUT2D eigenvalue weighted by molar-refractivity contribution is 7.90. The molecule has 0 spiro atoms. The van der Waals surface area contributed by atoms with Crippen LogP contribution in [0.25, 0.3) is 11.3 Å². The minimum Gasteiger partial charge on any atom is -0.444 e. The summed E-state index contributed by atoms with van der Waals surface area (Å²) >= 11 is 0. The molecule has 0 saturated carbocycles. The van der Waals surface area contributed by atoms with Gasteiger partial charge in [-0.05, 0) is 57.0 Å². The number of nitrogens with zero attached hydrogens (tertiary/aromatic N) is 3. The molecule has 164 valence electrons. The number of amides is 1. The van der Waals surface area contributed by atoms with E-state index >= 15 is 0 Å². The molecule has 0 atom stereocenters. The third-order valence-electron chi connectivity index (χ3n) is 4.48. The summed E-state index contributed by atoms with van der Waals surface area (Å²) in [7, 11) is -2.26. The monoisotopic (exact) mass is 441 g/mol. The van der Waals surface area contributed by atoms with Crippen LogP contribution < -0.4 is 0 Å². The van der Waals surface area contributed by atoms with Crippen LogP contribution in [0.5, 0.6) is 0 Å². The van der Waals surface area contributed by atoms with Crippen LogP contribution in [0.1, 0.15) is 32.0 Å². The van der Waals surface area contributed by atoms with Crippen LogP contribution in [0.15, 0.2) is 65.8 Å². The van der Waals surface area contributed by atoms with Crippen molar-refractivity contribution in [3.8, 4) is 11.3 Å². The topological polar surface area (TPSA) is 81.5 Å². The highest BCUT2D eigenvalue weighted by Crippen LogP contribution is 2.27. The molecule has 0 radical (unpaired) electrons. The van der Waals surface area contributed by atoms with E-state index in [-0.39, 0.29) is 11.4 Å². The number of hydrogen-bond donors (Lipinski definition) is 0. The van der Waals surface area contributed by atoms with E-state index in [2.05, 4.69) is 4.98 Å². The molecule has 0 bridgehead atoms. The fourth-order valence-corrected chi connectivity index (χ4v) is 4.34. The zero-order valence-corrected chi connectivity index (χ0v) is 19.2. The van der Waals surface area contributed by atoms with Crippen LogP contribution >= 0.6 is 0 Å². The number of benzene rings is 1. The first-order valence-corrected chi connectivity index (χ1v) is 11.3. The second-order valence-corrected chi connectivity index (χ2v) is 10.2. The zero-order chi connectivity index (χ0) is 22.8. The molecule has 2 heterocycles. The van der Waals surface area contributed by atoms with Gasteiger partial charge in [0.05, 0.1) is 12.2 Å². The quantitative estimate of drug-likeness (QED) is 0.584. The maximum atomic E-state index is 13.4. The summed E-state index contributed by atoms with van der Waals surface area (Å²) in [6.07, 6.45) is 2.41. The van der Waals surface area contributed by atoms with Crippen molar-refractivity contribution in [1.29, 1.82) is 0 Å². The lowest BCUT2D eigenvalue weighted by Gasteiger charge is -2.24. The van der Waals surface area contributed by atoms with Gasteiger partial charge >= 0.3 is 6.09 Å². The number of carbonyl (C=O) groups excluding carboxylic acids is 1. The van der Waals surface area contributed by atoms with E-state index in [0.717, 1.165) is 11.3 Å². The van der Waals surface area contributed by atoms with Crippen LogP contribution in [0.3, 0.4) is 0 Å². The molecule has 0 saturated heterocycles. The molecular weight excluding hydrogens is 414 g/mol. The molecule has 7 nitrogen and oxygen atoms in total. The number of carbonyl (C=O) groups is 1. The van der Waals surface area contributed by atoms with Crippen molar-refractivity contribution in [3.05, 3.63) is 72.2 Å². The molecule has 0 aliphatic rings. The van der Waals surface area contributed by atoms with Gasteiger partial charge in [-0.15, -0.1) is 0 Å². The van der Waals surface area contributed by atoms with E-state index in [0.29, 0.717) is 11.3 Å². The van der Waals surface area contributed by atoms with Crippen molar-refractivity contribution in [2.24, 2.45) is 0 Å². The second-order valence-electron chi connectivity index (χ2n) is 8.37. The lowest BCUT2D eigenvalue weighted by molar-refractivity contribution is 0.0285. The summed E-state index contributed by atoms with van der Waals surface area (Å²) in [5.41, 5.74) is 2.03. The van der Waals surface area contributed by atoms with E-state index in [4.69, 9.17) is 4.74 Å². The van der Waals surface area contributed by atoms with Gasteiger partial charge in [-0.1, -0.05) is 30.3 Å². The number of rotatable bonds is 5. The fraction of sp³-hybridized carbons (Fsp3) is 0.304. The van der Waals surface area contributed by atoms with Gasteiger partial charge in [0.25, 0.3) is 10.0 Å². The minimum absolute atomic E-state index is 0.0953. The Bertz CT molecular complexity index is 1160. The van der Waals surface area contributed by atoms with Crippen LogP contribution in [-0.4, -0.2) is 41.0 Å². The summed E-state index contributed by atoms with van der Waals surface area (Å²) in [6, 6.07) is 14.2. The molecule has 1 amide bonds. The predicted molar refractivity (Wildman–Crippen MR) is 119 cm³/mol. The maximum Gasteiger partial charge on any atom is 0.410 e. The Hall–Kier alpha value is -3.13. The second kappa shape index (κ2) is 8.55. The van der Waals surface area contributed by atoms with Crippen LogP contribution in [0, 0.1) is 6.92 Å². The van der Waals surface area contributed by atoms with E-state index < -0.39 is 21.7 Å². The minimum atomic E-state index is -3.88. The number of hydrogen-bond acceptors (Lipinski definition) is 5. The number of aromatic nitrogens is 2. The third kappa shape index (κ3) is 5.32. The smallest absolute Gasteiger partial charge is 0.410 e. The van der Waals surface area contributed by atoms with Gasteiger partial charge in [-0.2, -0.15) is 0 Å². The van der Waals surface area contributed by atoms with Crippen molar-refractivity contribution >= 4 is 16.1 Å². The SMILES string of the molecule is Cc1ccc(S(=O)(=O)n2cc(CN(C)C(=O)OC(C)(C)C)cc2-c2ccccc2)cn1. The Morgan fingerprint density at radius 2 is 1.81 bits per heavy atom. The van der Waals surface area contributed by atoms with Crippen molar-refractivity contribution in [3.63, 3.8) is 0 Å². The van der Waals surface area contributed by atoms with Crippen molar-refractivity contribution < 1.29 is 17.9 Å². The molecule has 31 heavy (non-hydrogen) atoms. The van der Waals surface area contributed by atoms with Gasteiger partial charge in [0.15, 0.2) is 0 Å². The first-order valence-electron chi connectivity index (χ1n) is 9.86. The molecule has 0 fully saturated rings. The molecule has 8 heteroatoms. The summed E-state index contributed by atoms with van der Waals surface area (Å²) in [5.74, 6) is 0. The lowest BCUT2D eigenvalue weighted by atomic mass is 10.1. The van der Waals surface area contributed by atoms with E-state index in [9.17, 15) is 13.2 Å². The zero-order valence-electron chi connectivity index (χ0n) is 18.4. The van der Waals surface area contributed by atoms with E-state index in [1.54, 1.807) is 59.1 Å². The van der Waals surface area contributed by atoms with Crippen molar-refractivity contribution in [1.82, 2.24) is 13.9 Å². The molecule has 0 aliphatic heterocycles. The highest BCUT2D eigenvalue weighted by Gasteiger charge is 2.24. The fourth-order valence-electron chi connectivity index (χ4n) is 3.00. The first-order chi connectivity index (χ1) is 14.5. The molecule has 2 aromatic heterocycles. The Kier molecular flexibility index (Phi) is 6.22. The normalized spacial score (nSPS) is 11.9. The van der Waals surface area contributed by atoms with Crippen LogP contribution in [0.4, 0.5) is 4.79 Å². The van der Waals surface area contributed by atoms with Crippen LogP contribution in [-0.2, 0) is 21.3 Å². The van der Waals surface area contributed by atoms with Crippen molar-refractivity contribution in [2.45, 2.75) is 44.7 Å². The summed E-state index contributed by atoms with van der Waals surface area (Å²) in [5, 5.41) is 0. The van der Waals surface area contributed by atoms with E-state index in [1.807, 2.05) is 30.3 Å². The molecule has 0 unspecified atom stereocenters.